The van der Waals surface area contributed by atoms with E-state index < -0.39 is 0 Å². The average Bonchev–Trinajstić information content (AvgIpc) is 2.54. The third-order valence-electron chi connectivity index (χ3n) is 2.32. The van der Waals surface area contributed by atoms with Crippen molar-refractivity contribution in [3.05, 3.63) is 0 Å². The fourth-order valence-corrected chi connectivity index (χ4v) is 1.62. The molecule has 0 N–H and O–H groups in total. The van der Waals surface area contributed by atoms with Gasteiger partial charge < -0.3 is 14.2 Å². The van der Waals surface area contributed by atoms with Crippen molar-refractivity contribution in [2.75, 3.05) is 26.4 Å². The normalized spacial score (nSPS) is 28.2. The van der Waals surface area contributed by atoms with Crippen LogP contribution in [0.2, 0.25) is 0 Å². The highest BCUT2D eigenvalue weighted by Gasteiger charge is 2.27. The standard InChI is InChI=1S/C10H20O3/c1-3-11-7-5-9-6-8-13-10(9)12-4-2/h9-10H,3-8H2,1-2H3. The molecule has 0 bridgehead atoms. The Balaban J connectivity index is 2.15. The van der Waals surface area contributed by atoms with Gasteiger partial charge in [-0.3, -0.25) is 0 Å². The number of rotatable bonds is 6. The molecule has 3 nitrogen and oxygen atoms in total. The number of hydrogen-bond donors (Lipinski definition) is 0. The summed E-state index contributed by atoms with van der Waals surface area (Å²) in [6.45, 7) is 7.21. The van der Waals surface area contributed by atoms with Crippen molar-refractivity contribution < 1.29 is 14.2 Å². The first-order valence-electron chi connectivity index (χ1n) is 5.19. The van der Waals surface area contributed by atoms with Crippen molar-refractivity contribution in [3.63, 3.8) is 0 Å². The van der Waals surface area contributed by atoms with E-state index in [0.717, 1.165) is 39.3 Å². The lowest BCUT2D eigenvalue weighted by Crippen LogP contribution is -2.21. The van der Waals surface area contributed by atoms with Gasteiger partial charge in [0.2, 0.25) is 0 Å². The third-order valence-corrected chi connectivity index (χ3v) is 2.32. The summed E-state index contributed by atoms with van der Waals surface area (Å²) in [5.41, 5.74) is 0. The summed E-state index contributed by atoms with van der Waals surface area (Å²) < 4.78 is 16.2. The quantitative estimate of drug-likeness (QED) is 0.595. The first-order chi connectivity index (χ1) is 6.38. The first-order valence-corrected chi connectivity index (χ1v) is 5.19. The molecule has 0 aliphatic carbocycles. The Morgan fingerprint density at radius 1 is 1.31 bits per heavy atom. The highest BCUT2D eigenvalue weighted by molar-refractivity contribution is 4.69. The molecule has 2 unspecified atom stereocenters. The first kappa shape index (κ1) is 11.0. The Kier molecular flexibility index (Phi) is 5.35. The van der Waals surface area contributed by atoms with Crippen molar-refractivity contribution in [2.45, 2.75) is 33.0 Å². The molecule has 0 spiro atoms. The van der Waals surface area contributed by atoms with Gasteiger partial charge in [0, 0.05) is 25.7 Å². The Hall–Kier alpha value is -0.120. The van der Waals surface area contributed by atoms with Crippen LogP contribution in [0.4, 0.5) is 0 Å². The van der Waals surface area contributed by atoms with E-state index >= 15 is 0 Å². The smallest absolute Gasteiger partial charge is 0.160 e. The van der Waals surface area contributed by atoms with Crippen LogP contribution < -0.4 is 0 Å². The largest absolute Gasteiger partial charge is 0.382 e. The van der Waals surface area contributed by atoms with Gasteiger partial charge in [0.05, 0.1) is 6.61 Å². The molecule has 3 heteroatoms. The highest BCUT2D eigenvalue weighted by atomic mass is 16.7. The highest BCUT2D eigenvalue weighted by Crippen LogP contribution is 2.24. The third kappa shape index (κ3) is 3.63. The van der Waals surface area contributed by atoms with Crippen LogP contribution in [0.15, 0.2) is 0 Å². The Morgan fingerprint density at radius 3 is 2.85 bits per heavy atom. The molecule has 1 rings (SSSR count). The van der Waals surface area contributed by atoms with E-state index in [4.69, 9.17) is 14.2 Å². The zero-order valence-corrected chi connectivity index (χ0v) is 8.62. The molecular weight excluding hydrogens is 168 g/mol. The van der Waals surface area contributed by atoms with Gasteiger partial charge in [-0.2, -0.15) is 0 Å². The Bertz CT molecular complexity index is 127. The fourth-order valence-electron chi connectivity index (χ4n) is 1.62. The van der Waals surface area contributed by atoms with Gasteiger partial charge in [0.15, 0.2) is 6.29 Å². The molecule has 1 saturated heterocycles. The minimum Gasteiger partial charge on any atom is -0.382 e. The van der Waals surface area contributed by atoms with Gasteiger partial charge in [-0.15, -0.1) is 0 Å². The van der Waals surface area contributed by atoms with Crippen LogP contribution in [0.1, 0.15) is 26.7 Å². The SMILES string of the molecule is CCOCCC1CCOC1OCC. The van der Waals surface area contributed by atoms with Crippen molar-refractivity contribution >= 4 is 0 Å². The van der Waals surface area contributed by atoms with Crippen LogP contribution in [-0.4, -0.2) is 32.7 Å². The molecule has 0 aromatic carbocycles. The molecule has 13 heavy (non-hydrogen) atoms. The van der Waals surface area contributed by atoms with E-state index in [2.05, 4.69) is 0 Å². The van der Waals surface area contributed by atoms with Crippen LogP contribution in [0.3, 0.4) is 0 Å². The summed E-state index contributed by atoms with van der Waals surface area (Å²) >= 11 is 0. The lowest BCUT2D eigenvalue weighted by Gasteiger charge is -2.17. The van der Waals surface area contributed by atoms with Gasteiger partial charge >= 0.3 is 0 Å². The van der Waals surface area contributed by atoms with E-state index in [9.17, 15) is 0 Å². The molecule has 0 aromatic heterocycles. The van der Waals surface area contributed by atoms with Crippen LogP contribution >= 0.6 is 0 Å². The lowest BCUT2D eigenvalue weighted by molar-refractivity contribution is -0.130. The van der Waals surface area contributed by atoms with E-state index in [0.29, 0.717) is 5.92 Å². The second kappa shape index (κ2) is 6.35. The monoisotopic (exact) mass is 188 g/mol. The van der Waals surface area contributed by atoms with Gasteiger partial charge in [0.25, 0.3) is 0 Å². The molecule has 0 saturated carbocycles. The number of ether oxygens (including phenoxy) is 3. The summed E-state index contributed by atoms with van der Waals surface area (Å²) in [4.78, 5) is 0. The fraction of sp³-hybridized carbons (Fsp3) is 1.00. The molecular formula is C10H20O3. The van der Waals surface area contributed by atoms with Gasteiger partial charge in [-0.25, -0.2) is 0 Å². The van der Waals surface area contributed by atoms with Crippen LogP contribution in [0.25, 0.3) is 0 Å². The molecule has 1 aliphatic heterocycles. The maximum Gasteiger partial charge on any atom is 0.160 e. The van der Waals surface area contributed by atoms with E-state index in [1.165, 1.54) is 0 Å². The summed E-state index contributed by atoms with van der Waals surface area (Å²) in [6, 6.07) is 0. The van der Waals surface area contributed by atoms with Crippen molar-refractivity contribution in [2.24, 2.45) is 5.92 Å². The summed E-state index contributed by atoms with van der Waals surface area (Å²) in [5, 5.41) is 0. The minimum absolute atomic E-state index is 0.0189. The molecule has 1 fully saturated rings. The minimum atomic E-state index is 0.0189. The molecule has 0 radical (unpaired) electrons. The summed E-state index contributed by atoms with van der Waals surface area (Å²) in [5.74, 6) is 0.534. The molecule has 0 amide bonds. The predicted octanol–water partition coefficient (Wildman–Crippen LogP) is 1.81. The van der Waals surface area contributed by atoms with Crippen molar-refractivity contribution in [1.82, 2.24) is 0 Å². The lowest BCUT2D eigenvalue weighted by atomic mass is 10.0. The summed E-state index contributed by atoms with van der Waals surface area (Å²) in [6.07, 6.45) is 2.18. The molecule has 0 aromatic rings. The van der Waals surface area contributed by atoms with Crippen LogP contribution in [0.5, 0.6) is 0 Å². The second-order valence-electron chi connectivity index (χ2n) is 3.23. The zero-order valence-electron chi connectivity index (χ0n) is 8.62. The maximum atomic E-state index is 5.47. The second-order valence-corrected chi connectivity index (χ2v) is 3.23. The molecule has 1 heterocycles. The summed E-state index contributed by atoms with van der Waals surface area (Å²) in [7, 11) is 0. The average molecular weight is 188 g/mol. The van der Waals surface area contributed by atoms with Gasteiger partial charge in [-0.1, -0.05) is 0 Å². The van der Waals surface area contributed by atoms with Gasteiger partial charge in [0.1, 0.15) is 0 Å². The Morgan fingerprint density at radius 2 is 2.15 bits per heavy atom. The van der Waals surface area contributed by atoms with Crippen LogP contribution in [-0.2, 0) is 14.2 Å². The zero-order chi connectivity index (χ0) is 9.52. The van der Waals surface area contributed by atoms with E-state index in [1.54, 1.807) is 0 Å². The molecule has 1 aliphatic rings. The van der Waals surface area contributed by atoms with E-state index in [1.807, 2.05) is 13.8 Å². The Labute approximate surface area is 80.4 Å². The molecule has 78 valence electrons. The van der Waals surface area contributed by atoms with Gasteiger partial charge in [-0.05, 0) is 26.7 Å². The van der Waals surface area contributed by atoms with Crippen molar-refractivity contribution in [3.8, 4) is 0 Å². The number of hydrogen-bond acceptors (Lipinski definition) is 3. The van der Waals surface area contributed by atoms with Crippen LogP contribution in [0, 0.1) is 5.92 Å². The van der Waals surface area contributed by atoms with Crippen molar-refractivity contribution in [1.29, 1.82) is 0 Å². The predicted molar refractivity (Wildman–Crippen MR) is 50.6 cm³/mol. The molecule has 2 atom stereocenters. The maximum absolute atomic E-state index is 5.47. The topological polar surface area (TPSA) is 27.7 Å². The van der Waals surface area contributed by atoms with E-state index in [-0.39, 0.29) is 6.29 Å².